The second-order valence-corrected chi connectivity index (χ2v) is 23.0. The number of benzene rings is 5. The molecule has 0 amide bonds. The van der Waals surface area contributed by atoms with Crippen LogP contribution in [-0.2, 0) is 14.2 Å². The van der Waals surface area contributed by atoms with Crippen molar-refractivity contribution in [3.05, 3.63) is 166 Å². The first-order chi connectivity index (χ1) is 39.6. The molecular formula is C72H96O9. The summed E-state index contributed by atoms with van der Waals surface area (Å²) in [5.74, 6) is 2.39. The van der Waals surface area contributed by atoms with Crippen LogP contribution in [0.3, 0.4) is 0 Å². The first-order valence-electron chi connectivity index (χ1n) is 31.5. The van der Waals surface area contributed by atoms with Gasteiger partial charge in [-0.15, -0.1) is 0 Å². The lowest BCUT2D eigenvalue weighted by Crippen LogP contribution is -2.19. The van der Waals surface area contributed by atoms with E-state index < -0.39 is 24.0 Å². The Morgan fingerprint density at radius 2 is 0.864 bits per heavy atom. The van der Waals surface area contributed by atoms with Crippen molar-refractivity contribution >= 4 is 23.9 Å². The molecule has 5 aromatic carbocycles. The molecule has 9 heteroatoms. The van der Waals surface area contributed by atoms with Gasteiger partial charge in [0, 0.05) is 0 Å². The van der Waals surface area contributed by atoms with Gasteiger partial charge in [0.2, 0.25) is 0 Å². The average molecular weight is 1110 g/mol. The molecule has 2 unspecified atom stereocenters. The normalized spacial score (nSPS) is 17.6. The number of rotatable bonds is 31. The SMILES string of the molecule is CCCCCC1CCC(c2ccc(C(=O)OCC(OC(=O)c3ccc(C4CCC(CCCCC)CC4)cc3)c3ccccc3)cc2)CC1.CCCCCCOc1ccc(C(=O)Oc2ccc(C(=O)OC(C)CCCCCC)cc2)cc1. The predicted molar refractivity (Wildman–Crippen MR) is 327 cm³/mol. The Bertz CT molecular complexity index is 2540. The highest BCUT2D eigenvalue weighted by molar-refractivity contribution is 5.92. The van der Waals surface area contributed by atoms with Crippen LogP contribution in [0, 0.1) is 11.8 Å². The number of carbonyl (C=O) groups is 4. The van der Waals surface area contributed by atoms with Crippen LogP contribution >= 0.6 is 0 Å². The smallest absolute Gasteiger partial charge is 0.343 e. The van der Waals surface area contributed by atoms with Crippen molar-refractivity contribution in [1.82, 2.24) is 0 Å². The first-order valence-corrected chi connectivity index (χ1v) is 31.5. The summed E-state index contributed by atoms with van der Waals surface area (Å²) in [6.45, 7) is 11.4. The summed E-state index contributed by atoms with van der Waals surface area (Å²) in [5, 5.41) is 0. The maximum absolute atomic E-state index is 13.3. The molecule has 0 saturated heterocycles. The molecule has 2 aliphatic carbocycles. The van der Waals surface area contributed by atoms with E-state index in [0.29, 0.717) is 46.4 Å². The molecule has 0 aliphatic heterocycles. The molecule has 2 aliphatic rings. The summed E-state index contributed by atoms with van der Waals surface area (Å²) < 4.78 is 28.4. The van der Waals surface area contributed by atoms with E-state index in [1.54, 1.807) is 48.5 Å². The predicted octanol–water partition coefficient (Wildman–Crippen LogP) is 19.5. The van der Waals surface area contributed by atoms with E-state index in [1.807, 2.05) is 61.5 Å². The van der Waals surface area contributed by atoms with Crippen LogP contribution in [0.5, 0.6) is 11.5 Å². The maximum Gasteiger partial charge on any atom is 0.343 e. The molecule has 438 valence electrons. The van der Waals surface area contributed by atoms with E-state index in [9.17, 15) is 19.2 Å². The minimum Gasteiger partial charge on any atom is -0.494 e. The fraction of sp³-hybridized carbons (Fsp3) is 0.528. The molecule has 0 spiro atoms. The van der Waals surface area contributed by atoms with Gasteiger partial charge in [0.15, 0.2) is 6.10 Å². The summed E-state index contributed by atoms with van der Waals surface area (Å²) in [6, 6.07) is 38.8. The van der Waals surface area contributed by atoms with Crippen molar-refractivity contribution in [1.29, 1.82) is 0 Å². The van der Waals surface area contributed by atoms with Gasteiger partial charge in [-0.25, -0.2) is 19.2 Å². The maximum atomic E-state index is 13.3. The second kappa shape index (κ2) is 36.3. The quantitative estimate of drug-likeness (QED) is 0.0185. The number of unbranched alkanes of at least 4 members (excludes halogenated alkanes) is 10. The summed E-state index contributed by atoms with van der Waals surface area (Å²) in [6.07, 6.45) is 30.1. The number of hydrogen-bond donors (Lipinski definition) is 0. The number of carbonyl (C=O) groups excluding carboxylic acids is 4. The van der Waals surface area contributed by atoms with Crippen LogP contribution in [0.15, 0.2) is 127 Å². The van der Waals surface area contributed by atoms with Crippen molar-refractivity contribution in [2.45, 2.75) is 219 Å². The Balaban J connectivity index is 0.000000281. The molecule has 5 aromatic rings. The second-order valence-electron chi connectivity index (χ2n) is 23.0. The zero-order chi connectivity index (χ0) is 57.4. The van der Waals surface area contributed by atoms with Gasteiger partial charge >= 0.3 is 23.9 Å². The molecule has 0 heterocycles. The van der Waals surface area contributed by atoms with Gasteiger partial charge in [-0.1, -0.05) is 172 Å². The fourth-order valence-corrected chi connectivity index (χ4v) is 11.4. The highest BCUT2D eigenvalue weighted by atomic mass is 16.6. The van der Waals surface area contributed by atoms with Crippen molar-refractivity contribution < 1.29 is 42.9 Å². The van der Waals surface area contributed by atoms with Crippen molar-refractivity contribution in [2.75, 3.05) is 13.2 Å². The van der Waals surface area contributed by atoms with E-state index in [1.165, 1.54) is 140 Å². The zero-order valence-corrected chi connectivity index (χ0v) is 49.9. The van der Waals surface area contributed by atoms with Crippen molar-refractivity contribution in [3.8, 4) is 11.5 Å². The minimum absolute atomic E-state index is 0.0437. The first kappa shape index (κ1) is 64.0. The standard InChI is InChI=1S/C44H58O4.C28H38O5/c1-3-5-8-12-33-16-20-35(21-17-33)37-24-28-40(29-25-37)43(45)47-32-42(39-14-10-7-11-15-39)48-44(46)41-30-26-38(27-31-41)36-22-18-34(19-23-36)13-9-6-4-2;1-4-6-8-10-12-22(3)32-27(29)23-15-19-26(20-16-23)33-28(30)24-13-17-25(18-14-24)31-21-11-9-7-5-2/h7,10-11,14-15,24-31,33-36,42H,3-6,8-9,12-13,16-23,32H2,1-2H3;13-20,22H,4-12,21H2,1-3H3. The fourth-order valence-electron chi connectivity index (χ4n) is 11.4. The molecular weight excluding hydrogens is 1010 g/mol. The Hall–Kier alpha value is -6.22. The number of ether oxygens (including phenoxy) is 5. The van der Waals surface area contributed by atoms with E-state index in [0.717, 1.165) is 55.3 Å². The molecule has 0 radical (unpaired) electrons. The molecule has 0 aromatic heterocycles. The lowest BCUT2D eigenvalue weighted by atomic mass is 9.77. The number of hydrogen-bond acceptors (Lipinski definition) is 9. The average Bonchev–Trinajstić information content (AvgIpc) is 3.53. The third-order valence-corrected chi connectivity index (χ3v) is 16.6. The minimum atomic E-state index is -0.697. The topological polar surface area (TPSA) is 114 Å². The van der Waals surface area contributed by atoms with Crippen molar-refractivity contribution in [3.63, 3.8) is 0 Å². The van der Waals surface area contributed by atoms with Gasteiger partial charge in [-0.05, 0) is 191 Å². The molecule has 2 saturated carbocycles. The van der Waals surface area contributed by atoms with Gasteiger partial charge in [0.05, 0.1) is 35.0 Å². The third kappa shape index (κ3) is 22.6. The van der Waals surface area contributed by atoms with Crippen LogP contribution < -0.4 is 9.47 Å². The Labute approximate surface area is 486 Å². The number of esters is 4. The van der Waals surface area contributed by atoms with E-state index >= 15 is 0 Å². The lowest BCUT2D eigenvalue weighted by Gasteiger charge is -2.29. The molecule has 0 N–H and O–H groups in total. The van der Waals surface area contributed by atoms with Gasteiger partial charge in [-0.3, -0.25) is 0 Å². The molecule has 2 fully saturated rings. The summed E-state index contributed by atoms with van der Waals surface area (Å²) in [7, 11) is 0. The monoisotopic (exact) mass is 1100 g/mol. The van der Waals surface area contributed by atoms with Crippen LogP contribution in [0.1, 0.15) is 271 Å². The van der Waals surface area contributed by atoms with Crippen LogP contribution in [0.4, 0.5) is 0 Å². The summed E-state index contributed by atoms with van der Waals surface area (Å²) >= 11 is 0. The molecule has 0 bridgehead atoms. The van der Waals surface area contributed by atoms with Crippen LogP contribution in [0.25, 0.3) is 0 Å². The van der Waals surface area contributed by atoms with E-state index in [2.05, 4.69) is 52.0 Å². The summed E-state index contributed by atoms with van der Waals surface area (Å²) in [5.41, 5.74) is 5.35. The molecule has 7 rings (SSSR count). The Morgan fingerprint density at radius 1 is 0.432 bits per heavy atom. The Morgan fingerprint density at radius 3 is 1.37 bits per heavy atom. The largest absolute Gasteiger partial charge is 0.494 e. The molecule has 2 atom stereocenters. The zero-order valence-electron chi connectivity index (χ0n) is 49.9. The van der Waals surface area contributed by atoms with Gasteiger partial charge in [0.1, 0.15) is 18.1 Å². The van der Waals surface area contributed by atoms with E-state index in [4.69, 9.17) is 23.7 Å². The van der Waals surface area contributed by atoms with E-state index in [-0.39, 0.29) is 18.7 Å². The Kier molecular flexibility index (Phi) is 28.7. The third-order valence-electron chi connectivity index (χ3n) is 16.6. The lowest BCUT2D eigenvalue weighted by molar-refractivity contribution is -0.00134. The van der Waals surface area contributed by atoms with Gasteiger partial charge in [0.25, 0.3) is 0 Å². The summed E-state index contributed by atoms with van der Waals surface area (Å²) in [4.78, 5) is 51.1. The van der Waals surface area contributed by atoms with Crippen LogP contribution in [-0.4, -0.2) is 43.2 Å². The van der Waals surface area contributed by atoms with Crippen LogP contribution in [0.2, 0.25) is 0 Å². The molecule has 81 heavy (non-hydrogen) atoms. The molecule has 9 nitrogen and oxygen atoms in total. The highest BCUT2D eigenvalue weighted by Crippen LogP contribution is 2.39. The van der Waals surface area contributed by atoms with Gasteiger partial charge in [-0.2, -0.15) is 0 Å². The highest BCUT2D eigenvalue weighted by Gasteiger charge is 2.26. The van der Waals surface area contributed by atoms with Crippen molar-refractivity contribution in [2.24, 2.45) is 11.8 Å². The van der Waals surface area contributed by atoms with Gasteiger partial charge < -0.3 is 23.7 Å².